The smallest absolute Gasteiger partial charge is 0.257 e. The van der Waals surface area contributed by atoms with E-state index in [2.05, 4.69) is 9.97 Å². The molecule has 0 unspecified atom stereocenters. The van der Waals surface area contributed by atoms with Gasteiger partial charge < -0.3 is 15.1 Å². The van der Waals surface area contributed by atoms with E-state index < -0.39 is 6.10 Å². The number of aromatic nitrogens is 2. The summed E-state index contributed by atoms with van der Waals surface area (Å²) in [5, 5.41) is 19.0. The minimum absolute atomic E-state index is 0.0527. The summed E-state index contributed by atoms with van der Waals surface area (Å²) in [6.07, 6.45) is 4.83. The minimum Gasteiger partial charge on any atom is -0.395 e. The quantitative estimate of drug-likeness (QED) is 0.777. The van der Waals surface area contributed by atoms with Gasteiger partial charge in [-0.05, 0) is 12.8 Å². The van der Waals surface area contributed by atoms with Crippen LogP contribution in [-0.2, 0) is 0 Å². The molecule has 2 fully saturated rings. The van der Waals surface area contributed by atoms with Crippen molar-refractivity contribution in [2.24, 2.45) is 0 Å². The highest BCUT2D eigenvalue weighted by Gasteiger charge is 2.28. The first kappa shape index (κ1) is 15.3. The summed E-state index contributed by atoms with van der Waals surface area (Å²) in [4.78, 5) is 24.7. The van der Waals surface area contributed by atoms with Gasteiger partial charge in [0.15, 0.2) is 0 Å². The molecular formula is C15H22N4O3. The van der Waals surface area contributed by atoms with Crippen LogP contribution >= 0.6 is 0 Å². The Balaban J connectivity index is 1.65. The largest absolute Gasteiger partial charge is 0.395 e. The topological polar surface area (TPSA) is 89.8 Å². The van der Waals surface area contributed by atoms with Crippen molar-refractivity contribution < 1.29 is 15.0 Å². The normalized spacial score (nSPS) is 23.4. The molecule has 1 atom stereocenters. The fraction of sp³-hybridized carbons (Fsp3) is 0.667. The molecule has 3 rings (SSSR count). The van der Waals surface area contributed by atoms with Crippen LogP contribution in [0.25, 0.3) is 0 Å². The Labute approximate surface area is 129 Å². The van der Waals surface area contributed by atoms with E-state index in [1.54, 1.807) is 17.3 Å². The molecule has 1 amide bonds. The molecule has 22 heavy (non-hydrogen) atoms. The Morgan fingerprint density at radius 2 is 1.95 bits per heavy atom. The van der Waals surface area contributed by atoms with Crippen LogP contribution in [0.4, 0.5) is 0 Å². The van der Waals surface area contributed by atoms with Crippen LogP contribution in [0.2, 0.25) is 0 Å². The molecule has 7 heteroatoms. The van der Waals surface area contributed by atoms with Gasteiger partial charge in [-0.15, -0.1) is 0 Å². The van der Waals surface area contributed by atoms with Gasteiger partial charge in [-0.1, -0.05) is 0 Å². The number of hydrogen-bond acceptors (Lipinski definition) is 6. The molecule has 1 saturated carbocycles. The molecule has 0 bridgehead atoms. The third-order valence-electron chi connectivity index (χ3n) is 4.15. The van der Waals surface area contributed by atoms with Gasteiger partial charge in [0.1, 0.15) is 5.82 Å². The molecule has 120 valence electrons. The molecule has 1 aliphatic carbocycles. The standard InChI is InChI=1S/C15H22N4O3/c20-6-5-18-3-4-19(10-13(21)9-18)15(22)12-7-16-14(17-8-12)11-1-2-11/h7-8,11,13,20-21H,1-6,9-10H2/t13-/m1/s1. The van der Waals surface area contributed by atoms with E-state index in [1.807, 2.05) is 4.90 Å². The Kier molecular flexibility index (Phi) is 4.66. The Morgan fingerprint density at radius 1 is 1.23 bits per heavy atom. The monoisotopic (exact) mass is 306 g/mol. The molecule has 2 aliphatic rings. The average molecular weight is 306 g/mol. The number of rotatable bonds is 4. The fourth-order valence-corrected chi connectivity index (χ4v) is 2.77. The maximum absolute atomic E-state index is 12.5. The Morgan fingerprint density at radius 3 is 2.59 bits per heavy atom. The van der Waals surface area contributed by atoms with E-state index in [-0.39, 0.29) is 12.5 Å². The van der Waals surface area contributed by atoms with Gasteiger partial charge in [0.25, 0.3) is 5.91 Å². The molecule has 1 aromatic heterocycles. The highest BCUT2D eigenvalue weighted by atomic mass is 16.3. The zero-order valence-electron chi connectivity index (χ0n) is 12.6. The number of amides is 1. The van der Waals surface area contributed by atoms with Gasteiger partial charge in [-0.25, -0.2) is 9.97 Å². The molecule has 0 radical (unpaired) electrons. The van der Waals surface area contributed by atoms with E-state index in [4.69, 9.17) is 5.11 Å². The lowest BCUT2D eigenvalue weighted by molar-refractivity contribution is 0.0660. The van der Waals surface area contributed by atoms with Crippen LogP contribution in [0.5, 0.6) is 0 Å². The van der Waals surface area contributed by atoms with Crippen molar-refractivity contribution >= 4 is 5.91 Å². The Bertz CT molecular complexity index is 518. The van der Waals surface area contributed by atoms with Crippen molar-refractivity contribution in [3.05, 3.63) is 23.8 Å². The second-order valence-electron chi connectivity index (χ2n) is 6.03. The van der Waals surface area contributed by atoms with Crippen molar-refractivity contribution in [1.29, 1.82) is 0 Å². The van der Waals surface area contributed by atoms with Gasteiger partial charge in [0.2, 0.25) is 0 Å². The van der Waals surface area contributed by atoms with Crippen LogP contribution in [-0.4, -0.2) is 81.3 Å². The molecule has 1 aliphatic heterocycles. The first-order chi connectivity index (χ1) is 10.7. The molecule has 0 spiro atoms. The lowest BCUT2D eigenvalue weighted by Crippen LogP contribution is -2.37. The van der Waals surface area contributed by atoms with Crippen molar-refractivity contribution in [3.63, 3.8) is 0 Å². The summed E-state index contributed by atoms with van der Waals surface area (Å²) < 4.78 is 0. The highest BCUT2D eigenvalue weighted by molar-refractivity contribution is 5.93. The zero-order chi connectivity index (χ0) is 15.5. The van der Waals surface area contributed by atoms with Crippen molar-refractivity contribution in [2.75, 3.05) is 39.3 Å². The second kappa shape index (κ2) is 6.68. The summed E-state index contributed by atoms with van der Waals surface area (Å²) in [5.74, 6) is 1.14. The highest BCUT2D eigenvalue weighted by Crippen LogP contribution is 2.37. The van der Waals surface area contributed by atoms with Gasteiger partial charge in [-0.2, -0.15) is 0 Å². The van der Waals surface area contributed by atoms with Crippen LogP contribution in [0.3, 0.4) is 0 Å². The molecule has 2 N–H and O–H groups in total. The van der Waals surface area contributed by atoms with E-state index in [1.165, 1.54) is 0 Å². The predicted octanol–water partition coefficient (Wildman–Crippen LogP) is -0.535. The minimum atomic E-state index is -0.607. The summed E-state index contributed by atoms with van der Waals surface area (Å²) in [5.41, 5.74) is 0.465. The number of aliphatic hydroxyl groups excluding tert-OH is 2. The maximum Gasteiger partial charge on any atom is 0.257 e. The molecule has 7 nitrogen and oxygen atoms in total. The second-order valence-corrected chi connectivity index (χ2v) is 6.03. The summed E-state index contributed by atoms with van der Waals surface area (Å²) in [6.45, 7) is 2.51. The van der Waals surface area contributed by atoms with Crippen molar-refractivity contribution in [3.8, 4) is 0 Å². The van der Waals surface area contributed by atoms with E-state index in [9.17, 15) is 9.90 Å². The van der Waals surface area contributed by atoms with Crippen LogP contribution in [0, 0.1) is 0 Å². The number of β-amino-alcohol motifs (C(OH)–C–C–N with tert-alkyl or cyclic N) is 2. The van der Waals surface area contributed by atoms with E-state index in [0.717, 1.165) is 18.7 Å². The number of carbonyl (C=O) groups is 1. The van der Waals surface area contributed by atoms with Gasteiger partial charge in [0.05, 0.1) is 18.3 Å². The predicted molar refractivity (Wildman–Crippen MR) is 79.4 cm³/mol. The van der Waals surface area contributed by atoms with Crippen molar-refractivity contribution in [2.45, 2.75) is 24.9 Å². The third-order valence-corrected chi connectivity index (χ3v) is 4.15. The van der Waals surface area contributed by atoms with Crippen LogP contribution in [0.15, 0.2) is 12.4 Å². The first-order valence-electron chi connectivity index (χ1n) is 7.80. The number of aliphatic hydroxyl groups is 2. The summed E-state index contributed by atoms with van der Waals surface area (Å²) in [7, 11) is 0. The lowest BCUT2D eigenvalue weighted by Gasteiger charge is -2.21. The van der Waals surface area contributed by atoms with E-state index in [0.29, 0.717) is 44.2 Å². The molecule has 0 aromatic carbocycles. The maximum atomic E-state index is 12.5. The number of nitrogens with zero attached hydrogens (tertiary/aromatic N) is 4. The molecule has 2 heterocycles. The molecular weight excluding hydrogens is 284 g/mol. The average Bonchev–Trinajstić information content (AvgIpc) is 3.35. The van der Waals surface area contributed by atoms with Crippen molar-refractivity contribution in [1.82, 2.24) is 19.8 Å². The molecule has 1 aromatic rings. The third kappa shape index (κ3) is 3.60. The van der Waals surface area contributed by atoms with E-state index >= 15 is 0 Å². The number of carbonyl (C=O) groups excluding carboxylic acids is 1. The van der Waals surface area contributed by atoms with Gasteiger partial charge >= 0.3 is 0 Å². The van der Waals surface area contributed by atoms with Crippen LogP contribution in [0.1, 0.15) is 34.9 Å². The lowest BCUT2D eigenvalue weighted by atomic mass is 10.2. The zero-order valence-corrected chi connectivity index (χ0v) is 12.6. The molecule has 1 saturated heterocycles. The first-order valence-corrected chi connectivity index (χ1v) is 7.80. The summed E-state index contributed by atoms with van der Waals surface area (Å²) in [6, 6.07) is 0. The Hall–Kier alpha value is -1.57. The van der Waals surface area contributed by atoms with Gasteiger partial charge in [0, 0.05) is 51.0 Å². The SMILES string of the molecule is O=C(c1cnc(C2CC2)nc1)N1CCN(CCO)C[C@@H](O)C1. The fourth-order valence-electron chi connectivity index (χ4n) is 2.77. The van der Waals surface area contributed by atoms with Gasteiger partial charge in [-0.3, -0.25) is 9.69 Å². The number of hydrogen-bond donors (Lipinski definition) is 2. The van der Waals surface area contributed by atoms with Crippen LogP contribution < -0.4 is 0 Å². The summed E-state index contributed by atoms with van der Waals surface area (Å²) >= 11 is 0.